The van der Waals surface area contributed by atoms with Crippen LogP contribution in [0.2, 0.25) is 0 Å². The van der Waals surface area contributed by atoms with Crippen molar-refractivity contribution >= 4 is 17.2 Å². The predicted molar refractivity (Wildman–Crippen MR) is 86.9 cm³/mol. The molecule has 2 aromatic heterocycles. The number of hydrogen-bond donors (Lipinski definition) is 1. The van der Waals surface area contributed by atoms with Gasteiger partial charge in [-0.15, -0.1) is 11.3 Å². The number of aryl methyl sites for hydroxylation is 2. The first-order chi connectivity index (χ1) is 9.99. The highest BCUT2D eigenvalue weighted by atomic mass is 32.1. The van der Waals surface area contributed by atoms with Crippen LogP contribution in [0, 0.1) is 0 Å². The lowest BCUT2D eigenvalue weighted by molar-refractivity contribution is 0.0941. The van der Waals surface area contributed by atoms with Gasteiger partial charge in [0.2, 0.25) is 0 Å². The van der Waals surface area contributed by atoms with E-state index in [9.17, 15) is 4.79 Å². The number of nitrogens with one attached hydrogen (secondary N) is 1. The monoisotopic (exact) mass is 305 g/mol. The average Bonchev–Trinajstić information content (AvgIpc) is 3.04. The Labute approximate surface area is 130 Å². The fraction of sp³-hybridized carbons (Fsp3) is 0.500. The van der Waals surface area contributed by atoms with Crippen molar-refractivity contribution < 1.29 is 4.79 Å². The van der Waals surface area contributed by atoms with Gasteiger partial charge in [0.15, 0.2) is 0 Å². The fourth-order valence-corrected chi connectivity index (χ4v) is 3.16. The van der Waals surface area contributed by atoms with Gasteiger partial charge in [-0.2, -0.15) is 0 Å². The van der Waals surface area contributed by atoms with Crippen molar-refractivity contribution in [2.75, 3.05) is 0 Å². The van der Waals surface area contributed by atoms with Gasteiger partial charge in [-0.1, -0.05) is 13.8 Å². The maximum Gasteiger partial charge on any atom is 0.263 e. The zero-order valence-corrected chi connectivity index (χ0v) is 13.9. The summed E-state index contributed by atoms with van der Waals surface area (Å²) in [6.45, 7) is 6.17. The molecule has 0 aliphatic rings. The largest absolute Gasteiger partial charge is 0.354 e. The summed E-state index contributed by atoms with van der Waals surface area (Å²) in [6.07, 6.45) is 3.94. The molecule has 0 bridgehead atoms. The van der Waals surface area contributed by atoms with Crippen LogP contribution in [-0.2, 0) is 13.5 Å². The number of aromatic nitrogens is 2. The lowest BCUT2D eigenvalue weighted by Gasteiger charge is -2.14. The minimum Gasteiger partial charge on any atom is -0.354 e. The highest BCUT2D eigenvalue weighted by Crippen LogP contribution is 2.21. The van der Waals surface area contributed by atoms with Gasteiger partial charge in [0.25, 0.3) is 5.91 Å². The molecule has 0 radical (unpaired) electrons. The van der Waals surface area contributed by atoms with Gasteiger partial charge in [0.05, 0.1) is 11.2 Å². The van der Waals surface area contributed by atoms with E-state index in [1.165, 1.54) is 17.0 Å². The van der Waals surface area contributed by atoms with Crippen LogP contribution in [0.25, 0.3) is 0 Å². The van der Waals surface area contributed by atoms with E-state index in [4.69, 9.17) is 0 Å². The van der Waals surface area contributed by atoms with Crippen LogP contribution in [-0.4, -0.2) is 21.5 Å². The van der Waals surface area contributed by atoms with Crippen LogP contribution >= 0.6 is 11.3 Å². The van der Waals surface area contributed by atoms with Crippen molar-refractivity contribution in [3.05, 3.63) is 40.1 Å². The van der Waals surface area contributed by atoms with Gasteiger partial charge in [-0.25, -0.2) is 4.98 Å². The molecule has 0 saturated heterocycles. The van der Waals surface area contributed by atoms with Crippen molar-refractivity contribution in [1.29, 1.82) is 0 Å². The van der Waals surface area contributed by atoms with Crippen LogP contribution in [0.5, 0.6) is 0 Å². The molecule has 0 aromatic carbocycles. The molecule has 5 heteroatoms. The molecule has 114 valence electrons. The smallest absolute Gasteiger partial charge is 0.263 e. The number of thiazole rings is 1. The predicted octanol–water partition coefficient (Wildman–Crippen LogP) is 3.36. The van der Waals surface area contributed by atoms with Gasteiger partial charge >= 0.3 is 0 Å². The summed E-state index contributed by atoms with van der Waals surface area (Å²) in [5.41, 5.74) is 3.93. The van der Waals surface area contributed by atoms with Crippen molar-refractivity contribution in [2.45, 2.75) is 45.6 Å². The first-order valence-electron chi connectivity index (χ1n) is 7.33. The molecule has 4 nitrogen and oxygen atoms in total. The summed E-state index contributed by atoms with van der Waals surface area (Å²) in [5.74, 6) is 0.274. The van der Waals surface area contributed by atoms with Crippen molar-refractivity contribution in [1.82, 2.24) is 14.9 Å². The Bertz CT molecular complexity index is 600. The van der Waals surface area contributed by atoms with E-state index in [2.05, 4.69) is 41.7 Å². The molecule has 0 fully saturated rings. The first kappa shape index (κ1) is 15.8. The number of carbonyl (C=O) groups excluding carboxylic acids is 1. The summed E-state index contributed by atoms with van der Waals surface area (Å²) >= 11 is 1.42. The Morgan fingerprint density at radius 1 is 1.43 bits per heavy atom. The van der Waals surface area contributed by atoms with E-state index >= 15 is 0 Å². The average molecular weight is 305 g/mol. The number of nitrogens with zero attached hydrogens (tertiary/aromatic N) is 2. The van der Waals surface area contributed by atoms with Crippen LogP contribution in [0.3, 0.4) is 0 Å². The van der Waals surface area contributed by atoms with Crippen LogP contribution in [0.1, 0.15) is 54.2 Å². The lowest BCUT2D eigenvalue weighted by atomic mass is 10.1. The van der Waals surface area contributed by atoms with E-state index in [-0.39, 0.29) is 17.9 Å². The molecule has 1 unspecified atom stereocenters. The highest BCUT2D eigenvalue weighted by molar-refractivity contribution is 7.11. The molecule has 21 heavy (non-hydrogen) atoms. The van der Waals surface area contributed by atoms with Crippen LogP contribution in [0.4, 0.5) is 0 Å². The van der Waals surface area contributed by atoms with E-state index in [0.29, 0.717) is 0 Å². The molecular weight excluding hydrogens is 282 g/mol. The van der Waals surface area contributed by atoms with Crippen LogP contribution in [0.15, 0.2) is 23.8 Å². The SMILES string of the molecule is CC(CCc1cccn1C)NC(=O)c1scnc1C(C)C. The van der Waals surface area contributed by atoms with Gasteiger partial charge in [0, 0.05) is 25.0 Å². The zero-order chi connectivity index (χ0) is 15.4. The Morgan fingerprint density at radius 3 is 2.81 bits per heavy atom. The normalized spacial score (nSPS) is 12.6. The minimum absolute atomic E-state index is 0.000538. The van der Waals surface area contributed by atoms with E-state index < -0.39 is 0 Å². The topological polar surface area (TPSA) is 46.9 Å². The van der Waals surface area contributed by atoms with E-state index in [0.717, 1.165) is 23.4 Å². The third-order valence-electron chi connectivity index (χ3n) is 3.61. The third kappa shape index (κ3) is 3.94. The second-order valence-corrected chi connectivity index (χ2v) is 6.60. The molecule has 2 rings (SSSR count). The Kier molecular flexibility index (Phi) is 5.17. The maximum atomic E-state index is 12.3. The zero-order valence-electron chi connectivity index (χ0n) is 13.1. The highest BCUT2D eigenvalue weighted by Gasteiger charge is 2.18. The fourth-order valence-electron chi connectivity index (χ4n) is 2.32. The molecule has 1 N–H and O–H groups in total. The molecule has 1 amide bonds. The first-order valence-corrected chi connectivity index (χ1v) is 8.21. The summed E-state index contributed by atoms with van der Waals surface area (Å²) in [6, 6.07) is 4.31. The summed E-state index contributed by atoms with van der Waals surface area (Å²) < 4.78 is 2.12. The number of amides is 1. The summed E-state index contributed by atoms with van der Waals surface area (Å²) in [5, 5.41) is 3.08. The number of rotatable bonds is 6. The van der Waals surface area contributed by atoms with Crippen molar-refractivity contribution in [2.24, 2.45) is 7.05 Å². The van der Waals surface area contributed by atoms with Crippen molar-refractivity contribution in [3.63, 3.8) is 0 Å². The van der Waals surface area contributed by atoms with Gasteiger partial charge < -0.3 is 9.88 Å². The number of hydrogen-bond acceptors (Lipinski definition) is 3. The minimum atomic E-state index is 0.000538. The van der Waals surface area contributed by atoms with E-state index in [1.54, 1.807) is 5.51 Å². The van der Waals surface area contributed by atoms with Gasteiger partial charge in [0.1, 0.15) is 4.88 Å². The van der Waals surface area contributed by atoms with Crippen LogP contribution < -0.4 is 5.32 Å². The maximum absolute atomic E-state index is 12.3. The quantitative estimate of drug-likeness (QED) is 0.889. The van der Waals surface area contributed by atoms with Gasteiger partial charge in [-0.3, -0.25) is 4.79 Å². The molecule has 0 spiro atoms. The molecule has 2 aromatic rings. The molecule has 1 atom stereocenters. The Balaban J connectivity index is 1.90. The molecule has 0 aliphatic carbocycles. The Hall–Kier alpha value is -1.62. The lowest BCUT2D eigenvalue weighted by Crippen LogP contribution is -2.33. The molecule has 0 saturated carbocycles. The molecule has 0 aliphatic heterocycles. The van der Waals surface area contributed by atoms with Crippen molar-refractivity contribution in [3.8, 4) is 0 Å². The van der Waals surface area contributed by atoms with E-state index in [1.807, 2.05) is 19.3 Å². The molecule has 2 heterocycles. The second-order valence-electron chi connectivity index (χ2n) is 5.75. The summed E-state index contributed by atoms with van der Waals surface area (Å²) in [4.78, 5) is 17.4. The second kappa shape index (κ2) is 6.89. The summed E-state index contributed by atoms with van der Waals surface area (Å²) in [7, 11) is 2.05. The standard InChI is InChI=1S/C16H23N3OS/c1-11(2)14-15(21-10-17-14)16(20)18-12(3)7-8-13-6-5-9-19(13)4/h5-6,9-12H,7-8H2,1-4H3,(H,18,20). The number of carbonyl (C=O) groups is 1. The third-order valence-corrected chi connectivity index (χ3v) is 4.45. The molecular formula is C16H23N3OS. The van der Waals surface area contributed by atoms with Gasteiger partial charge in [-0.05, 0) is 37.8 Å². The Morgan fingerprint density at radius 2 is 2.19 bits per heavy atom.